The van der Waals surface area contributed by atoms with E-state index < -0.39 is 0 Å². The molecule has 1 atom stereocenters. The Morgan fingerprint density at radius 2 is 1.50 bits per heavy atom. The first-order valence-electron chi connectivity index (χ1n) is 9.29. The van der Waals surface area contributed by atoms with Crippen LogP contribution in [0.15, 0.2) is 0 Å². The fourth-order valence-electron chi connectivity index (χ4n) is 3.41. The lowest BCUT2D eigenvalue weighted by atomic mass is 10.1. The van der Waals surface area contributed by atoms with Crippen LogP contribution >= 0.6 is 0 Å². The second kappa shape index (κ2) is 12.6. The van der Waals surface area contributed by atoms with Crippen LogP contribution in [0.2, 0.25) is 0 Å². The minimum Gasteiger partial charge on any atom is -0.330 e. The highest BCUT2D eigenvalue weighted by Gasteiger charge is 2.20. The van der Waals surface area contributed by atoms with Gasteiger partial charge in [0.05, 0.1) is 0 Å². The molecule has 0 bridgehead atoms. The van der Waals surface area contributed by atoms with Crippen molar-refractivity contribution in [2.75, 3.05) is 26.2 Å². The summed E-state index contributed by atoms with van der Waals surface area (Å²) in [5.74, 6) is 0.892. The Morgan fingerprint density at radius 1 is 0.900 bits per heavy atom. The second-order valence-electron chi connectivity index (χ2n) is 6.71. The van der Waals surface area contributed by atoms with Gasteiger partial charge >= 0.3 is 0 Å². The number of unbranched alkanes of at least 4 members (excludes halogenated alkanes) is 9. The first kappa shape index (κ1) is 18.0. The van der Waals surface area contributed by atoms with Crippen LogP contribution in [0.1, 0.15) is 84.0 Å². The van der Waals surface area contributed by atoms with Gasteiger partial charge in [-0.3, -0.25) is 0 Å². The molecule has 0 amide bonds. The molecule has 0 aromatic carbocycles. The Kier molecular flexibility index (Phi) is 11.4. The van der Waals surface area contributed by atoms with Crippen molar-refractivity contribution in [2.45, 2.75) is 84.0 Å². The van der Waals surface area contributed by atoms with Crippen molar-refractivity contribution in [1.82, 2.24) is 4.90 Å². The number of hydrogen-bond acceptors (Lipinski definition) is 2. The van der Waals surface area contributed by atoms with E-state index in [1.807, 2.05) is 0 Å². The highest BCUT2D eigenvalue weighted by molar-refractivity contribution is 4.75. The fraction of sp³-hybridized carbons (Fsp3) is 1.00. The molecular formula is C18H38N2. The van der Waals surface area contributed by atoms with Gasteiger partial charge in [-0.05, 0) is 44.8 Å². The highest BCUT2D eigenvalue weighted by atomic mass is 15.1. The molecule has 1 saturated heterocycles. The van der Waals surface area contributed by atoms with Crippen molar-refractivity contribution in [1.29, 1.82) is 0 Å². The zero-order valence-corrected chi connectivity index (χ0v) is 13.9. The van der Waals surface area contributed by atoms with E-state index in [9.17, 15) is 0 Å². The molecule has 0 aromatic rings. The molecule has 0 saturated carbocycles. The number of nitrogens with zero attached hydrogens (tertiary/aromatic N) is 1. The molecule has 0 aromatic heterocycles. The second-order valence-corrected chi connectivity index (χ2v) is 6.71. The van der Waals surface area contributed by atoms with Gasteiger partial charge in [0, 0.05) is 6.54 Å². The third kappa shape index (κ3) is 8.97. The van der Waals surface area contributed by atoms with Crippen LogP contribution in [0.4, 0.5) is 0 Å². The van der Waals surface area contributed by atoms with Gasteiger partial charge in [-0.15, -0.1) is 0 Å². The van der Waals surface area contributed by atoms with E-state index in [0.29, 0.717) is 0 Å². The van der Waals surface area contributed by atoms with Crippen LogP contribution in [0.25, 0.3) is 0 Å². The summed E-state index contributed by atoms with van der Waals surface area (Å²) in [7, 11) is 0. The molecule has 1 heterocycles. The van der Waals surface area contributed by atoms with Gasteiger partial charge in [-0.1, -0.05) is 64.7 Å². The van der Waals surface area contributed by atoms with E-state index >= 15 is 0 Å². The van der Waals surface area contributed by atoms with E-state index in [0.717, 1.165) is 12.5 Å². The van der Waals surface area contributed by atoms with Gasteiger partial charge in [0.2, 0.25) is 0 Å². The minimum atomic E-state index is 0.872. The van der Waals surface area contributed by atoms with Crippen molar-refractivity contribution in [3.8, 4) is 0 Å². The molecule has 1 unspecified atom stereocenters. The maximum atomic E-state index is 5.64. The van der Waals surface area contributed by atoms with Crippen LogP contribution < -0.4 is 5.73 Å². The zero-order valence-electron chi connectivity index (χ0n) is 13.9. The van der Waals surface area contributed by atoms with Crippen LogP contribution in [0, 0.1) is 5.92 Å². The molecule has 2 N–H and O–H groups in total. The lowest BCUT2D eigenvalue weighted by Gasteiger charge is -2.15. The van der Waals surface area contributed by atoms with Crippen LogP contribution in [-0.4, -0.2) is 31.1 Å². The topological polar surface area (TPSA) is 29.3 Å². The average Bonchev–Trinajstić information content (AvgIpc) is 2.89. The molecule has 0 spiro atoms. The van der Waals surface area contributed by atoms with E-state index in [1.54, 1.807) is 0 Å². The molecule has 1 aliphatic rings. The summed E-state index contributed by atoms with van der Waals surface area (Å²) < 4.78 is 0. The number of rotatable bonds is 13. The molecule has 1 fully saturated rings. The summed E-state index contributed by atoms with van der Waals surface area (Å²) >= 11 is 0. The number of hydrogen-bond donors (Lipinski definition) is 1. The van der Waals surface area contributed by atoms with Gasteiger partial charge in [-0.2, -0.15) is 0 Å². The molecule has 120 valence electrons. The Hall–Kier alpha value is -0.0800. The first-order chi connectivity index (χ1) is 9.86. The fourth-order valence-corrected chi connectivity index (χ4v) is 3.41. The SMILES string of the molecule is CCCCCCCCCCCCN1CCC(CCN)C1. The van der Waals surface area contributed by atoms with Crippen molar-refractivity contribution in [3.05, 3.63) is 0 Å². The van der Waals surface area contributed by atoms with Gasteiger partial charge in [0.1, 0.15) is 0 Å². The predicted molar refractivity (Wildman–Crippen MR) is 90.1 cm³/mol. The summed E-state index contributed by atoms with van der Waals surface area (Å²) in [6.07, 6.45) is 17.0. The standard InChI is InChI=1S/C18H38N2/c1-2-3-4-5-6-7-8-9-10-11-15-20-16-13-18(17-20)12-14-19/h18H,2-17,19H2,1H3. The molecular weight excluding hydrogens is 244 g/mol. The maximum absolute atomic E-state index is 5.64. The van der Waals surface area contributed by atoms with Gasteiger partial charge < -0.3 is 10.6 Å². The highest BCUT2D eigenvalue weighted by Crippen LogP contribution is 2.19. The van der Waals surface area contributed by atoms with Crippen LogP contribution in [-0.2, 0) is 0 Å². The Bertz CT molecular complexity index is 206. The van der Waals surface area contributed by atoms with E-state index in [-0.39, 0.29) is 0 Å². The van der Waals surface area contributed by atoms with E-state index in [4.69, 9.17) is 5.73 Å². The average molecular weight is 283 g/mol. The Balaban J connectivity index is 1.79. The van der Waals surface area contributed by atoms with Crippen molar-refractivity contribution in [3.63, 3.8) is 0 Å². The summed E-state index contributed by atoms with van der Waals surface area (Å²) in [6, 6.07) is 0. The quantitative estimate of drug-likeness (QED) is 0.501. The first-order valence-corrected chi connectivity index (χ1v) is 9.29. The minimum absolute atomic E-state index is 0.872. The molecule has 2 nitrogen and oxygen atoms in total. The summed E-state index contributed by atoms with van der Waals surface area (Å²) in [4.78, 5) is 2.66. The molecule has 2 heteroatoms. The zero-order chi connectivity index (χ0) is 14.5. The lowest BCUT2D eigenvalue weighted by molar-refractivity contribution is 0.312. The maximum Gasteiger partial charge on any atom is 0.00106 e. The Morgan fingerprint density at radius 3 is 2.10 bits per heavy atom. The van der Waals surface area contributed by atoms with Crippen molar-refractivity contribution in [2.24, 2.45) is 11.7 Å². The largest absolute Gasteiger partial charge is 0.330 e. The Labute approximate surface area is 127 Å². The van der Waals surface area contributed by atoms with Gasteiger partial charge in [-0.25, -0.2) is 0 Å². The predicted octanol–water partition coefficient (Wildman–Crippen LogP) is 4.58. The van der Waals surface area contributed by atoms with Gasteiger partial charge in [0.15, 0.2) is 0 Å². The van der Waals surface area contributed by atoms with Crippen LogP contribution in [0.5, 0.6) is 0 Å². The van der Waals surface area contributed by atoms with Crippen molar-refractivity contribution < 1.29 is 0 Å². The summed E-state index contributed by atoms with van der Waals surface area (Å²) in [6.45, 7) is 7.13. The summed E-state index contributed by atoms with van der Waals surface area (Å²) in [5.41, 5.74) is 5.64. The smallest absolute Gasteiger partial charge is 0.00106 e. The molecule has 1 rings (SSSR count). The van der Waals surface area contributed by atoms with Crippen molar-refractivity contribution >= 4 is 0 Å². The molecule has 0 aliphatic carbocycles. The number of nitrogens with two attached hydrogens (primary N) is 1. The number of likely N-dealkylation sites (tertiary alicyclic amines) is 1. The summed E-state index contributed by atoms with van der Waals surface area (Å²) in [5, 5.41) is 0. The third-order valence-electron chi connectivity index (χ3n) is 4.77. The molecule has 0 radical (unpaired) electrons. The molecule has 20 heavy (non-hydrogen) atoms. The lowest BCUT2D eigenvalue weighted by Crippen LogP contribution is -2.22. The normalized spacial score (nSPS) is 19.8. The van der Waals surface area contributed by atoms with Crippen LogP contribution in [0.3, 0.4) is 0 Å². The van der Waals surface area contributed by atoms with E-state index in [2.05, 4.69) is 11.8 Å². The monoisotopic (exact) mass is 282 g/mol. The third-order valence-corrected chi connectivity index (χ3v) is 4.77. The van der Waals surface area contributed by atoms with E-state index in [1.165, 1.54) is 96.7 Å². The molecule has 1 aliphatic heterocycles. The van der Waals surface area contributed by atoms with Gasteiger partial charge in [0.25, 0.3) is 0 Å².